The summed E-state index contributed by atoms with van der Waals surface area (Å²) in [5, 5.41) is 6.46. The summed E-state index contributed by atoms with van der Waals surface area (Å²) in [6.45, 7) is 0. The highest BCUT2D eigenvalue weighted by molar-refractivity contribution is 5.94. The fraction of sp³-hybridized carbons (Fsp3) is 0.500. The molecule has 2 N–H and O–H groups in total. The van der Waals surface area contributed by atoms with Gasteiger partial charge in [0.05, 0.1) is 0 Å². The third-order valence-electron chi connectivity index (χ3n) is 3.55. The van der Waals surface area contributed by atoms with E-state index in [9.17, 15) is 4.79 Å². The molecular formula is C14H18N2O. The number of carbonyl (C=O) groups excluding carboxylic acids is 1. The van der Waals surface area contributed by atoms with Gasteiger partial charge >= 0.3 is 0 Å². The molecule has 1 aromatic rings. The van der Waals surface area contributed by atoms with Gasteiger partial charge in [0.1, 0.15) is 0 Å². The van der Waals surface area contributed by atoms with E-state index < -0.39 is 0 Å². The lowest BCUT2D eigenvalue weighted by Crippen LogP contribution is -2.26. The highest BCUT2D eigenvalue weighted by atomic mass is 16.2. The van der Waals surface area contributed by atoms with Gasteiger partial charge in [0.25, 0.3) is 0 Å². The van der Waals surface area contributed by atoms with Crippen molar-refractivity contribution in [3.8, 4) is 0 Å². The average molecular weight is 230 g/mol. The van der Waals surface area contributed by atoms with Crippen LogP contribution in [0.5, 0.6) is 0 Å². The second kappa shape index (κ2) is 4.40. The fourth-order valence-corrected chi connectivity index (χ4v) is 2.06. The van der Waals surface area contributed by atoms with Crippen LogP contribution in [0.1, 0.15) is 32.1 Å². The van der Waals surface area contributed by atoms with Crippen LogP contribution < -0.4 is 10.6 Å². The number of hydrogen-bond acceptors (Lipinski definition) is 2. The monoisotopic (exact) mass is 230 g/mol. The molecule has 0 aliphatic heterocycles. The quantitative estimate of drug-likeness (QED) is 0.834. The molecular weight excluding hydrogens is 212 g/mol. The third-order valence-corrected chi connectivity index (χ3v) is 3.55. The molecule has 3 nitrogen and oxygen atoms in total. The fourth-order valence-electron chi connectivity index (χ4n) is 2.06. The van der Waals surface area contributed by atoms with Crippen molar-refractivity contribution >= 4 is 17.3 Å². The van der Waals surface area contributed by atoms with Gasteiger partial charge in [0.2, 0.25) is 5.91 Å². The van der Waals surface area contributed by atoms with E-state index in [-0.39, 0.29) is 11.8 Å². The van der Waals surface area contributed by atoms with Crippen LogP contribution >= 0.6 is 0 Å². The van der Waals surface area contributed by atoms with Crippen molar-refractivity contribution in [3.63, 3.8) is 0 Å². The molecule has 0 heterocycles. The zero-order valence-electron chi connectivity index (χ0n) is 9.91. The first-order valence-corrected chi connectivity index (χ1v) is 6.49. The van der Waals surface area contributed by atoms with Crippen molar-refractivity contribution in [2.24, 2.45) is 5.92 Å². The Morgan fingerprint density at radius 3 is 2.53 bits per heavy atom. The van der Waals surface area contributed by atoms with Crippen LogP contribution in [-0.2, 0) is 4.79 Å². The van der Waals surface area contributed by atoms with Crippen LogP contribution in [-0.4, -0.2) is 11.9 Å². The van der Waals surface area contributed by atoms with Gasteiger partial charge in [-0.3, -0.25) is 4.79 Å². The summed E-state index contributed by atoms with van der Waals surface area (Å²) in [7, 11) is 0. The number of carbonyl (C=O) groups is 1. The summed E-state index contributed by atoms with van der Waals surface area (Å²) < 4.78 is 0. The number of rotatable bonds is 4. The summed E-state index contributed by atoms with van der Waals surface area (Å²) in [5.41, 5.74) is 2.02. The number of hydrogen-bond donors (Lipinski definition) is 2. The Balaban J connectivity index is 1.62. The molecule has 17 heavy (non-hydrogen) atoms. The first kappa shape index (κ1) is 10.6. The lowest BCUT2D eigenvalue weighted by atomic mass is 9.93. The molecule has 1 aromatic carbocycles. The molecule has 0 bridgehead atoms. The molecule has 2 aliphatic carbocycles. The number of benzene rings is 1. The van der Waals surface area contributed by atoms with Gasteiger partial charge in [-0.15, -0.1) is 0 Å². The van der Waals surface area contributed by atoms with E-state index in [0.717, 1.165) is 24.2 Å². The molecule has 0 atom stereocenters. The predicted molar refractivity (Wildman–Crippen MR) is 69.1 cm³/mol. The van der Waals surface area contributed by atoms with Crippen LogP contribution in [0.25, 0.3) is 0 Å². The molecule has 3 rings (SSSR count). The normalized spacial score (nSPS) is 19.5. The van der Waals surface area contributed by atoms with Crippen molar-refractivity contribution < 1.29 is 4.79 Å². The molecule has 0 spiro atoms. The van der Waals surface area contributed by atoms with Gasteiger partial charge in [0, 0.05) is 23.3 Å². The van der Waals surface area contributed by atoms with Gasteiger partial charge in [-0.2, -0.15) is 0 Å². The summed E-state index contributed by atoms with van der Waals surface area (Å²) in [6.07, 6.45) is 5.95. The molecule has 1 amide bonds. The zero-order valence-corrected chi connectivity index (χ0v) is 9.91. The Bertz CT molecular complexity index is 422. The Kier molecular flexibility index (Phi) is 2.75. The largest absolute Gasteiger partial charge is 0.382 e. The van der Waals surface area contributed by atoms with E-state index in [2.05, 4.69) is 16.7 Å². The van der Waals surface area contributed by atoms with E-state index in [1.165, 1.54) is 19.3 Å². The minimum absolute atomic E-state index is 0.172. The minimum atomic E-state index is 0.172. The van der Waals surface area contributed by atoms with Crippen molar-refractivity contribution in [3.05, 3.63) is 24.3 Å². The van der Waals surface area contributed by atoms with E-state index in [4.69, 9.17) is 0 Å². The second-order valence-electron chi connectivity index (χ2n) is 5.12. The van der Waals surface area contributed by atoms with Crippen molar-refractivity contribution in [2.45, 2.75) is 38.1 Å². The molecule has 0 saturated heterocycles. The zero-order chi connectivity index (χ0) is 11.7. The van der Waals surface area contributed by atoms with Crippen LogP contribution in [0.15, 0.2) is 24.3 Å². The number of nitrogens with one attached hydrogen (secondary N) is 2. The smallest absolute Gasteiger partial charge is 0.227 e. The van der Waals surface area contributed by atoms with Gasteiger partial charge in [-0.05, 0) is 50.3 Å². The van der Waals surface area contributed by atoms with Crippen molar-refractivity contribution in [1.29, 1.82) is 0 Å². The van der Waals surface area contributed by atoms with E-state index >= 15 is 0 Å². The molecule has 2 fully saturated rings. The highest BCUT2D eigenvalue weighted by Gasteiger charge is 2.29. The third kappa shape index (κ3) is 2.60. The van der Waals surface area contributed by atoms with Gasteiger partial charge < -0.3 is 10.6 Å². The van der Waals surface area contributed by atoms with Crippen molar-refractivity contribution in [1.82, 2.24) is 0 Å². The Hall–Kier alpha value is -1.51. The maximum absolute atomic E-state index is 11.6. The Morgan fingerprint density at radius 1 is 1.12 bits per heavy atom. The van der Waals surface area contributed by atoms with E-state index in [0.29, 0.717) is 6.04 Å². The van der Waals surface area contributed by atoms with Crippen LogP contribution in [0.3, 0.4) is 0 Å². The second-order valence-corrected chi connectivity index (χ2v) is 5.12. The topological polar surface area (TPSA) is 41.1 Å². The summed E-state index contributed by atoms with van der Waals surface area (Å²) >= 11 is 0. The summed E-state index contributed by atoms with van der Waals surface area (Å²) in [6, 6.07) is 8.66. The summed E-state index contributed by atoms with van der Waals surface area (Å²) in [5.74, 6) is 0.434. The standard InChI is InChI=1S/C14H18N2O/c17-14(10-7-8-10)16-13-6-2-5-12(9-13)15-11-3-1-4-11/h2,5-6,9-11,15H,1,3-4,7-8H2,(H,16,17). The average Bonchev–Trinajstić information content (AvgIpc) is 3.08. The first-order chi connectivity index (χ1) is 8.31. The molecule has 2 aliphatic rings. The Morgan fingerprint density at radius 2 is 1.88 bits per heavy atom. The summed E-state index contributed by atoms with van der Waals surface area (Å²) in [4.78, 5) is 11.6. The molecule has 2 saturated carbocycles. The van der Waals surface area contributed by atoms with Gasteiger partial charge in [-0.25, -0.2) is 0 Å². The Labute approximate surface area is 102 Å². The first-order valence-electron chi connectivity index (χ1n) is 6.49. The van der Waals surface area contributed by atoms with Crippen LogP contribution in [0.2, 0.25) is 0 Å². The maximum Gasteiger partial charge on any atom is 0.227 e. The lowest BCUT2D eigenvalue weighted by molar-refractivity contribution is -0.117. The molecule has 0 unspecified atom stereocenters. The highest BCUT2D eigenvalue weighted by Crippen LogP contribution is 2.30. The van der Waals surface area contributed by atoms with E-state index in [1.807, 2.05) is 18.2 Å². The molecule has 0 aromatic heterocycles. The maximum atomic E-state index is 11.6. The molecule has 3 heteroatoms. The molecule has 0 radical (unpaired) electrons. The SMILES string of the molecule is O=C(Nc1cccc(NC2CCC2)c1)C1CC1. The van der Waals surface area contributed by atoms with Crippen molar-refractivity contribution in [2.75, 3.05) is 10.6 Å². The van der Waals surface area contributed by atoms with Gasteiger partial charge in [-0.1, -0.05) is 6.07 Å². The van der Waals surface area contributed by atoms with Gasteiger partial charge in [0.15, 0.2) is 0 Å². The van der Waals surface area contributed by atoms with Crippen LogP contribution in [0.4, 0.5) is 11.4 Å². The van der Waals surface area contributed by atoms with Crippen LogP contribution in [0, 0.1) is 5.92 Å². The number of anilines is 2. The predicted octanol–water partition coefficient (Wildman–Crippen LogP) is 3.00. The number of amides is 1. The minimum Gasteiger partial charge on any atom is -0.382 e. The van der Waals surface area contributed by atoms with E-state index in [1.54, 1.807) is 0 Å². The lowest BCUT2D eigenvalue weighted by Gasteiger charge is -2.27. The molecule has 90 valence electrons.